The van der Waals surface area contributed by atoms with Gasteiger partial charge in [-0.2, -0.15) is 0 Å². The van der Waals surface area contributed by atoms with E-state index in [2.05, 4.69) is 18.7 Å². The van der Waals surface area contributed by atoms with Gasteiger partial charge in [0.05, 0.1) is 18.2 Å². The molecule has 2 heterocycles. The van der Waals surface area contributed by atoms with Crippen molar-refractivity contribution in [1.29, 1.82) is 0 Å². The van der Waals surface area contributed by atoms with Crippen molar-refractivity contribution in [3.8, 4) is 0 Å². The average molecular weight is 254 g/mol. The second-order valence-corrected chi connectivity index (χ2v) is 5.77. The maximum absolute atomic E-state index is 12.5. The lowest BCUT2D eigenvalue weighted by molar-refractivity contribution is -0.142. The van der Waals surface area contributed by atoms with Crippen molar-refractivity contribution in [2.24, 2.45) is 0 Å². The van der Waals surface area contributed by atoms with Crippen LogP contribution in [0, 0.1) is 0 Å². The highest BCUT2D eigenvalue weighted by Crippen LogP contribution is 2.17. The third-order valence-corrected chi connectivity index (χ3v) is 4.02. The van der Waals surface area contributed by atoms with E-state index in [0.717, 1.165) is 39.0 Å². The van der Waals surface area contributed by atoms with Crippen molar-refractivity contribution in [3.63, 3.8) is 0 Å². The summed E-state index contributed by atoms with van der Waals surface area (Å²) in [5, 5.41) is 0. The predicted molar refractivity (Wildman–Crippen MR) is 71.5 cm³/mol. The quantitative estimate of drug-likeness (QED) is 0.748. The van der Waals surface area contributed by atoms with Crippen LogP contribution in [0.4, 0.5) is 0 Å². The molecule has 18 heavy (non-hydrogen) atoms. The van der Waals surface area contributed by atoms with Crippen molar-refractivity contribution < 1.29 is 9.53 Å². The maximum atomic E-state index is 12.5. The standard InChI is InChI=1S/C14H26N2O2/c1-11-9-16(10-12(2)18-11)13(3)14(17)15-7-5-4-6-8-15/h11-13H,4-10H2,1-3H3. The molecule has 0 spiro atoms. The molecule has 2 aliphatic heterocycles. The number of likely N-dealkylation sites (tertiary alicyclic amines) is 1. The van der Waals surface area contributed by atoms with Gasteiger partial charge in [0.1, 0.15) is 0 Å². The highest BCUT2D eigenvalue weighted by atomic mass is 16.5. The molecule has 3 atom stereocenters. The van der Waals surface area contributed by atoms with E-state index in [0.29, 0.717) is 5.91 Å². The number of hydrogen-bond donors (Lipinski definition) is 0. The fraction of sp³-hybridized carbons (Fsp3) is 0.929. The molecule has 0 aliphatic carbocycles. The summed E-state index contributed by atoms with van der Waals surface area (Å²) >= 11 is 0. The lowest BCUT2D eigenvalue weighted by atomic mass is 10.1. The Morgan fingerprint density at radius 3 is 2.22 bits per heavy atom. The molecule has 4 heteroatoms. The Bertz CT molecular complexity index is 280. The van der Waals surface area contributed by atoms with Gasteiger partial charge in [0.25, 0.3) is 0 Å². The van der Waals surface area contributed by atoms with Crippen molar-refractivity contribution in [1.82, 2.24) is 9.80 Å². The summed E-state index contributed by atoms with van der Waals surface area (Å²) in [7, 11) is 0. The molecule has 2 aliphatic rings. The first-order valence-corrected chi connectivity index (χ1v) is 7.26. The minimum Gasteiger partial charge on any atom is -0.373 e. The fourth-order valence-electron chi connectivity index (χ4n) is 3.07. The van der Waals surface area contributed by atoms with Crippen LogP contribution >= 0.6 is 0 Å². The third-order valence-electron chi connectivity index (χ3n) is 4.02. The smallest absolute Gasteiger partial charge is 0.239 e. The van der Waals surface area contributed by atoms with Crippen molar-refractivity contribution in [2.45, 2.75) is 58.3 Å². The van der Waals surface area contributed by atoms with Crippen LogP contribution in [0.2, 0.25) is 0 Å². The number of ether oxygens (including phenoxy) is 1. The van der Waals surface area contributed by atoms with Gasteiger partial charge in [0.2, 0.25) is 5.91 Å². The summed E-state index contributed by atoms with van der Waals surface area (Å²) in [6, 6.07) is -0.00287. The molecular formula is C14H26N2O2. The molecule has 2 rings (SSSR count). The van der Waals surface area contributed by atoms with E-state index in [1.807, 2.05) is 11.8 Å². The number of carbonyl (C=O) groups excluding carboxylic acids is 1. The summed E-state index contributed by atoms with van der Waals surface area (Å²) in [4.78, 5) is 16.8. The Kier molecular flexibility index (Phi) is 4.62. The van der Waals surface area contributed by atoms with Crippen LogP contribution in [0.1, 0.15) is 40.0 Å². The molecule has 2 fully saturated rings. The van der Waals surface area contributed by atoms with Crippen LogP contribution in [0.15, 0.2) is 0 Å². The zero-order chi connectivity index (χ0) is 13.1. The molecule has 0 N–H and O–H groups in total. The zero-order valence-corrected chi connectivity index (χ0v) is 11.9. The van der Waals surface area contributed by atoms with E-state index in [1.54, 1.807) is 0 Å². The van der Waals surface area contributed by atoms with Crippen LogP contribution < -0.4 is 0 Å². The number of rotatable bonds is 2. The van der Waals surface area contributed by atoms with Gasteiger partial charge in [-0.1, -0.05) is 0 Å². The average Bonchev–Trinajstić information content (AvgIpc) is 2.37. The third kappa shape index (κ3) is 3.23. The molecule has 3 unspecified atom stereocenters. The van der Waals surface area contributed by atoms with Gasteiger partial charge in [-0.3, -0.25) is 9.69 Å². The summed E-state index contributed by atoms with van der Waals surface area (Å²) in [5.41, 5.74) is 0. The summed E-state index contributed by atoms with van der Waals surface area (Å²) in [6.07, 6.45) is 4.04. The molecule has 4 nitrogen and oxygen atoms in total. The van der Waals surface area contributed by atoms with Crippen LogP contribution in [0.3, 0.4) is 0 Å². The minimum absolute atomic E-state index is 0.00287. The molecule has 0 aromatic rings. The molecule has 0 bridgehead atoms. The van der Waals surface area contributed by atoms with Crippen molar-refractivity contribution in [2.75, 3.05) is 26.2 Å². The summed E-state index contributed by atoms with van der Waals surface area (Å²) in [5.74, 6) is 0.302. The van der Waals surface area contributed by atoms with Crippen LogP contribution in [0.25, 0.3) is 0 Å². The normalized spacial score (nSPS) is 32.3. The van der Waals surface area contributed by atoms with E-state index >= 15 is 0 Å². The number of amides is 1. The molecule has 104 valence electrons. The topological polar surface area (TPSA) is 32.8 Å². The minimum atomic E-state index is -0.00287. The lowest BCUT2D eigenvalue weighted by Gasteiger charge is -2.40. The van der Waals surface area contributed by atoms with E-state index in [-0.39, 0.29) is 18.2 Å². The van der Waals surface area contributed by atoms with E-state index in [4.69, 9.17) is 4.74 Å². The SMILES string of the molecule is CC1CN(C(C)C(=O)N2CCCCC2)CC(C)O1. The first kappa shape index (κ1) is 13.8. The van der Waals surface area contributed by atoms with Crippen molar-refractivity contribution >= 4 is 5.91 Å². The Balaban J connectivity index is 1.92. The second-order valence-electron chi connectivity index (χ2n) is 5.77. The number of piperidine rings is 1. The van der Waals surface area contributed by atoms with Crippen LogP contribution in [0.5, 0.6) is 0 Å². The van der Waals surface area contributed by atoms with Gasteiger partial charge in [-0.15, -0.1) is 0 Å². The second kappa shape index (κ2) is 6.02. The number of hydrogen-bond acceptors (Lipinski definition) is 3. The van der Waals surface area contributed by atoms with Gasteiger partial charge in [-0.05, 0) is 40.0 Å². The molecule has 0 saturated carbocycles. The fourth-order valence-corrected chi connectivity index (χ4v) is 3.07. The molecular weight excluding hydrogens is 228 g/mol. The molecule has 0 aromatic heterocycles. The molecule has 0 radical (unpaired) electrons. The summed E-state index contributed by atoms with van der Waals surface area (Å²) in [6.45, 7) is 9.83. The van der Waals surface area contributed by atoms with E-state index in [9.17, 15) is 4.79 Å². The highest BCUT2D eigenvalue weighted by molar-refractivity contribution is 5.81. The number of carbonyl (C=O) groups is 1. The highest BCUT2D eigenvalue weighted by Gasteiger charge is 2.31. The number of nitrogens with zero attached hydrogens (tertiary/aromatic N) is 2. The Hall–Kier alpha value is -0.610. The Morgan fingerprint density at radius 2 is 1.67 bits per heavy atom. The van der Waals surface area contributed by atoms with Crippen LogP contribution in [-0.2, 0) is 9.53 Å². The number of morpholine rings is 1. The van der Waals surface area contributed by atoms with Gasteiger partial charge >= 0.3 is 0 Å². The maximum Gasteiger partial charge on any atom is 0.239 e. The summed E-state index contributed by atoms with van der Waals surface area (Å²) < 4.78 is 5.73. The lowest BCUT2D eigenvalue weighted by Crippen LogP contribution is -2.55. The van der Waals surface area contributed by atoms with Gasteiger partial charge < -0.3 is 9.64 Å². The van der Waals surface area contributed by atoms with Gasteiger partial charge in [0, 0.05) is 26.2 Å². The molecule has 2 saturated heterocycles. The largest absolute Gasteiger partial charge is 0.373 e. The first-order chi connectivity index (χ1) is 8.58. The van der Waals surface area contributed by atoms with E-state index in [1.165, 1.54) is 6.42 Å². The van der Waals surface area contributed by atoms with E-state index < -0.39 is 0 Å². The Labute approximate surface area is 110 Å². The molecule has 0 aromatic carbocycles. The van der Waals surface area contributed by atoms with Crippen molar-refractivity contribution in [3.05, 3.63) is 0 Å². The van der Waals surface area contributed by atoms with Gasteiger partial charge in [0.15, 0.2) is 0 Å². The first-order valence-electron chi connectivity index (χ1n) is 7.26. The zero-order valence-electron chi connectivity index (χ0n) is 11.9. The molecule has 1 amide bonds. The predicted octanol–water partition coefficient (Wildman–Crippen LogP) is 1.50. The van der Waals surface area contributed by atoms with Crippen LogP contribution in [-0.4, -0.2) is 60.1 Å². The Morgan fingerprint density at radius 1 is 1.11 bits per heavy atom. The van der Waals surface area contributed by atoms with Gasteiger partial charge in [-0.25, -0.2) is 0 Å². The monoisotopic (exact) mass is 254 g/mol.